The highest BCUT2D eigenvalue weighted by Gasteiger charge is 2.71. The zero-order chi connectivity index (χ0) is 27.8. The third kappa shape index (κ3) is 3.28. The average molecular weight is 548 g/mol. The van der Waals surface area contributed by atoms with Gasteiger partial charge in [0.1, 0.15) is 17.3 Å². The van der Waals surface area contributed by atoms with Crippen molar-refractivity contribution in [1.29, 1.82) is 0 Å². The number of benzene rings is 4. The lowest BCUT2D eigenvalue weighted by Gasteiger charge is -2.37. The van der Waals surface area contributed by atoms with E-state index in [1.807, 2.05) is 24.0 Å². The predicted octanol–water partition coefficient (Wildman–Crippen LogP) is 7.10. The summed E-state index contributed by atoms with van der Waals surface area (Å²) in [5.74, 6) is -2.08. The van der Waals surface area contributed by atoms with Crippen molar-refractivity contribution < 1.29 is 18.8 Å². The van der Waals surface area contributed by atoms with E-state index in [9.17, 15) is 18.8 Å². The average Bonchev–Trinajstić information content (AvgIpc) is 3.39. The number of fused-ring (bicyclic) bond motifs is 5. The van der Waals surface area contributed by atoms with Crippen molar-refractivity contribution in [2.45, 2.75) is 24.9 Å². The molecule has 2 aliphatic heterocycles. The molecule has 3 atom stereocenters. The van der Waals surface area contributed by atoms with Gasteiger partial charge in [-0.3, -0.25) is 14.4 Å². The van der Waals surface area contributed by atoms with Crippen molar-refractivity contribution in [1.82, 2.24) is 0 Å². The molecule has 0 saturated carbocycles. The largest absolute Gasteiger partial charge is 0.352 e. The zero-order valence-corrected chi connectivity index (χ0v) is 22.2. The molecule has 0 bridgehead atoms. The van der Waals surface area contributed by atoms with Crippen molar-refractivity contribution in [3.8, 4) is 0 Å². The molecule has 4 nitrogen and oxygen atoms in total. The fourth-order valence-electron chi connectivity index (χ4n) is 6.88. The molecular weight excluding hydrogens is 525 g/mol. The summed E-state index contributed by atoms with van der Waals surface area (Å²) in [5, 5.41) is 0.503. The van der Waals surface area contributed by atoms with Crippen LogP contribution in [0.5, 0.6) is 0 Å². The zero-order valence-electron chi connectivity index (χ0n) is 21.5. The maximum absolute atomic E-state index is 14.6. The van der Waals surface area contributed by atoms with Gasteiger partial charge in [-0.1, -0.05) is 90.0 Å². The Bertz CT molecular complexity index is 1720. The van der Waals surface area contributed by atoms with Gasteiger partial charge in [-0.25, -0.2) is 4.39 Å². The minimum absolute atomic E-state index is 0.219. The second kappa shape index (κ2) is 8.83. The number of halogens is 2. The Morgan fingerprint density at radius 3 is 2.17 bits per heavy atom. The van der Waals surface area contributed by atoms with Gasteiger partial charge in [0.25, 0.3) is 0 Å². The quantitative estimate of drug-likeness (QED) is 0.203. The van der Waals surface area contributed by atoms with Gasteiger partial charge in [-0.2, -0.15) is 0 Å². The van der Waals surface area contributed by atoms with Gasteiger partial charge in [0.2, 0.25) is 0 Å². The van der Waals surface area contributed by atoms with E-state index in [0.29, 0.717) is 38.5 Å². The summed E-state index contributed by atoms with van der Waals surface area (Å²) < 4.78 is 14.3. The normalized spacial score (nSPS) is 21.9. The first-order valence-electron chi connectivity index (χ1n) is 13.1. The van der Waals surface area contributed by atoms with E-state index in [1.165, 1.54) is 12.1 Å². The highest BCUT2D eigenvalue weighted by atomic mass is 35.5. The monoisotopic (exact) mass is 547 g/mol. The molecule has 1 saturated heterocycles. The lowest BCUT2D eigenvalue weighted by atomic mass is 9.64. The number of carbonyl (C=O) groups is 3. The molecular formula is C34H23ClFNO3. The van der Waals surface area contributed by atoms with E-state index in [4.69, 9.17) is 11.6 Å². The van der Waals surface area contributed by atoms with Crippen LogP contribution in [-0.4, -0.2) is 29.4 Å². The second-order valence-corrected chi connectivity index (χ2v) is 11.1. The Hall–Kier alpha value is -4.35. The summed E-state index contributed by atoms with van der Waals surface area (Å²) in [6, 6.07) is 23.8. The summed E-state index contributed by atoms with van der Waals surface area (Å²) in [5.41, 5.74) is 2.43. The van der Waals surface area contributed by atoms with Gasteiger partial charge in [0.15, 0.2) is 17.3 Å². The number of rotatable bonds is 3. The number of carbonyl (C=O) groups excluding carboxylic acids is 3. The van der Waals surface area contributed by atoms with Gasteiger partial charge < -0.3 is 4.90 Å². The van der Waals surface area contributed by atoms with Crippen molar-refractivity contribution in [2.75, 3.05) is 4.90 Å². The molecule has 0 N–H and O–H groups in total. The minimum Gasteiger partial charge on any atom is -0.352 e. The van der Waals surface area contributed by atoms with Crippen LogP contribution >= 0.6 is 11.6 Å². The first-order valence-corrected chi connectivity index (χ1v) is 13.5. The number of hydrogen-bond acceptors (Lipinski definition) is 4. The molecule has 1 spiro atoms. The molecule has 4 aromatic rings. The maximum Gasteiger partial charge on any atom is 0.185 e. The predicted molar refractivity (Wildman–Crippen MR) is 153 cm³/mol. The fourth-order valence-corrected chi connectivity index (χ4v) is 7.01. The molecule has 4 aromatic carbocycles. The van der Waals surface area contributed by atoms with Crippen molar-refractivity contribution >= 4 is 40.7 Å². The van der Waals surface area contributed by atoms with E-state index in [2.05, 4.69) is 0 Å². The summed E-state index contributed by atoms with van der Waals surface area (Å²) in [6.45, 7) is 1.94. The van der Waals surface area contributed by atoms with Gasteiger partial charge in [-0.05, 0) is 42.8 Å². The molecule has 0 unspecified atom stereocenters. The molecule has 3 aliphatic rings. The minimum atomic E-state index is -1.61. The molecule has 0 amide bonds. The lowest BCUT2D eigenvalue weighted by Crippen LogP contribution is -2.48. The summed E-state index contributed by atoms with van der Waals surface area (Å²) in [6.07, 6.45) is 3.54. The van der Waals surface area contributed by atoms with E-state index in [1.54, 1.807) is 78.9 Å². The third-order valence-electron chi connectivity index (χ3n) is 8.60. The number of nitrogens with zero attached hydrogens (tertiary/aromatic N) is 1. The van der Waals surface area contributed by atoms with Crippen LogP contribution in [0.3, 0.4) is 0 Å². The molecule has 40 heavy (non-hydrogen) atoms. The standard InChI is InChI=1S/C34H23ClFNO3/c1-19-6-8-21(9-7-19)31(38)30-29(20-10-13-23(35)14-11-20)34(32(39)25-4-2-3-5-26(25)33(34)40)28-17-12-22-18-24(36)15-16-27(22)37(28)30/h2-18,28-30H,1H3/t28-,29-,30+/m0/s1. The number of anilines is 1. The van der Waals surface area contributed by atoms with E-state index in [-0.39, 0.29) is 17.3 Å². The fraction of sp³-hybridized carbons (Fsp3) is 0.147. The molecule has 0 aromatic heterocycles. The Labute approximate surface area is 235 Å². The van der Waals surface area contributed by atoms with Gasteiger partial charge in [-0.15, -0.1) is 0 Å². The lowest BCUT2D eigenvalue weighted by molar-refractivity contribution is 0.0666. The van der Waals surface area contributed by atoms with Gasteiger partial charge in [0, 0.05) is 38.9 Å². The summed E-state index contributed by atoms with van der Waals surface area (Å²) in [4.78, 5) is 45.6. The number of hydrogen-bond donors (Lipinski definition) is 0. The van der Waals surface area contributed by atoms with Crippen molar-refractivity contribution in [3.05, 3.63) is 141 Å². The highest BCUT2D eigenvalue weighted by molar-refractivity contribution is 6.32. The molecule has 1 fully saturated rings. The topological polar surface area (TPSA) is 54.5 Å². The first-order chi connectivity index (χ1) is 19.3. The summed E-state index contributed by atoms with van der Waals surface area (Å²) >= 11 is 6.26. The summed E-state index contributed by atoms with van der Waals surface area (Å²) in [7, 11) is 0. The van der Waals surface area contributed by atoms with Crippen LogP contribution in [0.25, 0.3) is 6.08 Å². The van der Waals surface area contributed by atoms with Crippen LogP contribution in [0, 0.1) is 18.2 Å². The molecule has 196 valence electrons. The molecule has 2 heterocycles. The van der Waals surface area contributed by atoms with Crippen LogP contribution in [-0.2, 0) is 0 Å². The van der Waals surface area contributed by atoms with Crippen LogP contribution in [0.4, 0.5) is 10.1 Å². The number of Topliss-reactive ketones (excluding diaryl/α,β-unsaturated/α-hetero) is 3. The Morgan fingerprint density at radius 1 is 0.875 bits per heavy atom. The Balaban J connectivity index is 1.54. The van der Waals surface area contributed by atoms with Gasteiger partial charge in [0.05, 0.1) is 6.04 Å². The Kier molecular flexibility index (Phi) is 5.45. The first kappa shape index (κ1) is 24.7. The maximum atomic E-state index is 14.6. The van der Waals surface area contributed by atoms with Crippen LogP contribution in [0.15, 0.2) is 97.1 Å². The number of aryl methyl sites for hydroxylation is 1. The Morgan fingerprint density at radius 2 is 1.52 bits per heavy atom. The third-order valence-corrected chi connectivity index (χ3v) is 8.85. The second-order valence-electron chi connectivity index (χ2n) is 10.7. The highest BCUT2D eigenvalue weighted by Crippen LogP contribution is 2.61. The van der Waals surface area contributed by atoms with E-state index >= 15 is 0 Å². The van der Waals surface area contributed by atoms with E-state index in [0.717, 1.165) is 5.56 Å². The molecule has 1 aliphatic carbocycles. The molecule has 0 radical (unpaired) electrons. The molecule has 6 heteroatoms. The van der Waals surface area contributed by atoms with Crippen LogP contribution in [0.1, 0.15) is 53.7 Å². The molecule has 7 rings (SSSR count). The van der Waals surface area contributed by atoms with Crippen LogP contribution in [0.2, 0.25) is 5.02 Å². The van der Waals surface area contributed by atoms with E-state index < -0.39 is 29.2 Å². The van der Waals surface area contributed by atoms with Crippen molar-refractivity contribution in [2.24, 2.45) is 5.41 Å². The smallest absolute Gasteiger partial charge is 0.185 e. The van der Waals surface area contributed by atoms with Gasteiger partial charge >= 0.3 is 0 Å². The SMILES string of the molecule is Cc1ccc(C(=O)[C@H]2[C@H](c3ccc(Cl)cc3)C3(C(=O)c4ccccc4C3=O)[C@@H]3C=Cc4cc(F)ccc4N32)cc1. The number of ketones is 3. The van der Waals surface area contributed by atoms with Crippen LogP contribution < -0.4 is 4.90 Å². The van der Waals surface area contributed by atoms with Crippen molar-refractivity contribution in [3.63, 3.8) is 0 Å².